The smallest absolute Gasteiger partial charge is 0.305 e. The van der Waals surface area contributed by atoms with Crippen LogP contribution in [0.15, 0.2) is 36.4 Å². The molecule has 0 aromatic heterocycles. The van der Waals surface area contributed by atoms with E-state index in [4.69, 9.17) is 9.47 Å². The van der Waals surface area contributed by atoms with E-state index in [1.54, 1.807) is 0 Å². The van der Waals surface area contributed by atoms with E-state index in [0.717, 1.165) is 80.2 Å². The lowest BCUT2D eigenvalue weighted by molar-refractivity contribution is -0.143. The Morgan fingerprint density at radius 3 is 2.21 bits per heavy atom. The van der Waals surface area contributed by atoms with Crippen LogP contribution in [-0.4, -0.2) is 29.9 Å². The first kappa shape index (κ1) is 29.8. The summed E-state index contributed by atoms with van der Waals surface area (Å²) >= 11 is 0. The van der Waals surface area contributed by atoms with Gasteiger partial charge in [0.15, 0.2) is 0 Å². The first-order chi connectivity index (χ1) is 18.3. The molecule has 2 aromatic carbocycles. The summed E-state index contributed by atoms with van der Waals surface area (Å²) in [6.07, 6.45) is 8.83. The molecule has 1 aliphatic rings. The first-order valence-electron chi connectivity index (χ1n) is 14.5. The molecule has 0 aliphatic heterocycles. The van der Waals surface area contributed by atoms with E-state index in [1.807, 2.05) is 6.92 Å². The Morgan fingerprint density at radius 1 is 0.947 bits per heavy atom. The van der Waals surface area contributed by atoms with Crippen LogP contribution >= 0.6 is 0 Å². The predicted molar refractivity (Wildman–Crippen MR) is 155 cm³/mol. The van der Waals surface area contributed by atoms with Gasteiger partial charge >= 0.3 is 5.97 Å². The Kier molecular flexibility index (Phi) is 10.9. The normalized spacial score (nSPS) is 14.6. The number of carbonyl (C=O) groups is 1. The maximum Gasteiger partial charge on any atom is 0.305 e. The maximum absolute atomic E-state index is 11.5. The molecule has 0 spiro atoms. The lowest BCUT2D eigenvalue weighted by Gasteiger charge is -2.34. The molecular formula is C34H46O4. The number of benzene rings is 2. The molecule has 206 valence electrons. The number of rotatable bonds is 12. The summed E-state index contributed by atoms with van der Waals surface area (Å²) in [5.41, 5.74) is 5.01. The van der Waals surface area contributed by atoms with Crippen LogP contribution < -0.4 is 4.74 Å². The fourth-order valence-electron chi connectivity index (χ4n) is 5.68. The number of carbonyl (C=O) groups excluding carboxylic acids is 1. The van der Waals surface area contributed by atoms with E-state index >= 15 is 0 Å². The average Bonchev–Trinajstić information content (AvgIpc) is 3.34. The minimum absolute atomic E-state index is 0.0865. The Balaban J connectivity index is 1.69. The predicted octanol–water partition coefficient (Wildman–Crippen LogP) is 7.57. The van der Waals surface area contributed by atoms with Crippen molar-refractivity contribution >= 4 is 5.97 Å². The summed E-state index contributed by atoms with van der Waals surface area (Å²) < 4.78 is 11.1. The monoisotopic (exact) mass is 518 g/mol. The molecule has 2 aromatic rings. The van der Waals surface area contributed by atoms with Crippen molar-refractivity contribution in [1.29, 1.82) is 0 Å². The van der Waals surface area contributed by atoms with Crippen molar-refractivity contribution in [1.82, 2.24) is 0 Å². The van der Waals surface area contributed by atoms with E-state index in [1.165, 1.54) is 11.1 Å². The van der Waals surface area contributed by atoms with Crippen LogP contribution in [-0.2, 0) is 14.9 Å². The maximum atomic E-state index is 11.5. The lowest BCUT2D eigenvalue weighted by Crippen LogP contribution is -2.26. The van der Waals surface area contributed by atoms with Crippen molar-refractivity contribution in [2.45, 2.75) is 110 Å². The quantitative estimate of drug-likeness (QED) is 0.179. The molecule has 0 heterocycles. The van der Waals surface area contributed by atoms with Crippen LogP contribution in [0.1, 0.15) is 113 Å². The highest BCUT2D eigenvalue weighted by Crippen LogP contribution is 2.41. The number of unbranched alkanes of at least 4 members (excludes halogenated alkanes) is 2. The van der Waals surface area contributed by atoms with Gasteiger partial charge in [-0.25, -0.2) is 0 Å². The van der Waals surface area contributed by atoms with Gasteiger partial charge in [-0.15, -0.1) is 0 Å². The zero-order valence-electron chi connectivity index (χ0n) is 24.1. The molecule has 1 N–H and O–H groups in total. The number of aliphatic hydroxyl groups is 1. The zero-order chi connectivity index (χ0) is 27.6. The number of aryl methyl sites for hydroxylation is 2. The molecule has 0 bridgehead atoms. The minimum atomic E-state index is -0.814. The molecule has 4 nitrogen and oxygen atoms in total. The highest BCUT2D eigenvalue weighted by Gasteiger charge is 2.32. The van der Waals surface area contributed by atoms with Gasteiger partial charge in [0.1, 0.15) is 11.4 Å². The van der Waals surface area contributed by atoms with Crippen LogP contribution in [0.4, 0.5) is 0 Å². The molecule has 3 rings (SSSR count). The molecule has 1 aliphatic carbocycles. The van der Waals surface area contributed by atoms with Gasteiger partial charge in [-0.05, 0) is 113 Å². The molecule has 4 heteroatoms. The number of hydrogen-bond acceptors (Lipinski definition) is 4. The standard InChI is InChI=1S/C34H46O4/c1-6-34(7-2,29-16-15-28(26(4)24-29)19-22-33(36)20-11-12-21-33)30-17-18-31(27(5)25-30)38-23-13-9-10-14-32(35)37-8-3/h15-18,24-25,36H,6-14,20-21,23H2,1-5H3. The third-order valence-corrected chi connectivity index (χ3v) is 8.16. The molecule has 38 heavy (non-hydrogen) atoms. The number of esters is 1. The number of ether oxygens (including phenoxy) is 2. The van der Waals surface area contributed by atoms with E-state index in [0.29, 0.717) is 19.6 Å². The van der Waals surface area contributed by atoms with Crippen LogP contribution in [0.3, 0.4) is 0 Å². The van der Waals surface area contributed by atoms with E-state index in [9.17, 15) is 9.90 Å². The first-order valence-corrected chi connectivity index (χ1v) is 14.5. The molecular weight excluding hydrogens is 472 g/mol. The fourth-order valence-corrected chi connectivity index (χ4v) is 5.68. The SMILES string of the molecule is CCOC(=O)CCCCCOc1ccc(C(CC)(CC)c2ccc(C#CC3(O)CCCC3)c(C)c2)cc1C. The van der Waals surface area contributed by atoms with Crippen molar-refractivity contribution in [2.24, 2.45) is 0 Å². The molecule has 0 atom stereocenters. The van der Waals surface area contributed by atoms with Gasteiger partial charge in [0, 0.05) is 17.4 Å². The van der Waals surface area contributed by atoms with Crippen LogP contribution in [0.5, 0.6) is 5.75 Å². The van der Waals surface area contributed by atoms with Gasteiger partial charge in [0.2, 0.25) is 0 Å². The van der Waals surface area contributed by atoms with Gasteiger partial charge in [-0.3, -0.25) is 4.79 Å². The van der Waals surface area contributed by atoms with Gasteiger partial charge in [0.05, 0.1) is 13.2 Å². The highest BCUT2D eigenvalue weighted by atomic mass is 16.5. The van der Waals surface area contributed by atoms with Crippen molar-refractivity contribution in [3.63, 3.8) is 0 Å². The Hall–Kier alpha value is -2.77. The van der Waals surface area contributed by atoms with Crippen molar-refractivity contribution in [3.05, 3.63) is 64.2 Å². The fraction of sp³-hybridized carbons (Fsp3) is 0.559. The van der Waals surface area contributed by atoms with Crippen molar-refractivity contribution in [2.75, 3.05) is 13.2 Å². The Bertz CT molecular complexity index is 1130. The average molecular weight is 519 g/mol. The largest absolute Gasteiger partial charge is 0.493 e. The van der Waals surface area contributed by atoms with Gasteiger partial charge < -0.3 is 14.6 Å². The zero-order valence-corrected chi connectivity index (χ0v) is 24.1. The third kappa shape index (κ3) is 7.41. The topological polar surface area (TPSA) is 55.8 Å². The van der Waals surface area contributed by atoms with Crippen LogP contribution in [0.2, 0.25) is 0 Å². The Labute approximate surface area is 230 Å². The summed E-state index contributed by atoms with van der Waals surface area (Å²) in [6, 6.07) is 13.2. The minimum Gasteiger partial charge on any atom is -0.493 e. The second kappa shape index (κ2) is 13.9. The van der Waals surface area contributed by atoms with Gasteiger partial charge in [-0.1, -0.05) is 50.0 Å². The van der Waals surface area contributed by atoms with Gasteiger partial charge in [0.25, 0.3) is 0 Å². The second-order valence-corrected chi connectivity index (χ2v) is 10.8. The lowest BCUT2D eigenvalue weighted by atomic mass is 9.70. The summed E-state index contributed by atoms with van der Waals surface area (Å²) in [5.74, 6) is 7.23. The van der Waals surface area contributed by atoms with Crippen molar-refractivity contribution < 1.29 is 19.4 Å². The third-order valence-electron chi connectivity index (χ3n) is 8.16. The molecule has 1 saturated carbocycles. The molecule has 0 amide bonds. The van der Waals surface area contributed by atoms with Crippen LogP contribution in [0, 0.1) is 25.7 Å². The van der Waals surface area contributed by atoms with Crippen LogP contribution in [0.25, 0.3) is 0 Å². The Morgan fingerprint density at radius 2 is 1.61 bits per heavy atom. The van der Waals surface area contributed by atoms with Crippen molar-refractivity contribution in [3.8, 4) is 17.6 Å². The molecule has 0 unspecified atom stereocenters. The molecule has 0 saturated heterocycles. The van der Waals surface area contributed by atoms with E-state index in [2.05, 4.69) is 75.9 Å². The summed E-state index contributed by atoms with van der Waals surface area (Å²) in [4.78, 5) is 11.5. The molecule has 0 radical (unpaired) electrons. The van der Waals surface area contributed by atoms with E-state index < -0.39 is 5.60 Å². The molecule has 1 fully saturated rings. The van der Waals surface area contributed by atoms with Gasteiger partial charge in [-0.2, -0.15) is 0 Å². The number of hydrogen-bond donors (Lipinski definition) is 1. The van der Waals surface area contributed by atoms with E-state index in [-0.39, 0.29) is 11.4 Å². The highest BCUT2D eigenvalue weighted by molar-refractivity contribution is 5.69. The summed E-state index contributed by atoms with van der Waals surface area (Å²) in [5, 5.41) is 10.6. The summed E-state index contributed by atoms with van der Waals surface area (Å²) in [6.45, 7) is 11.7. The summed E-state index contributed by atoms with van der Waals surface area (Å²) in [7, 11) is 0. The second-order valence-electron chi connectivity index (χ2n) is 10.8.